The van der Waals surface area contributed by atoms with Crippen molar-refractivity contribution in [1.82, 2.24) is 9.88 Å². The summed E-state index contributed by atoms with van der Waals surface area (Å²) >= 11 is 1.89. The van der Waals surface area contributed by atoms with E-state index in [-0.39, 0.29) is 16.6 Å². The average molecular weight is 413 g/mol. The third-order valence-electron chi connectivity index (χ3n) is 7.40. The fourth-order valence-corrected chi connectivity index (χ4v) is 5.96. The molecule has 4 heterocycles. The minimum atomic E-state index is -0.0144. The van der Waals surface area contributed by atoms with E-state index in [2.05, 4.69) is 80.3 Å². The molecule has 0 N–H and O–H groups in total. The van der Waals surface area contributed by atoms with Gasteiger partial charge in [-0.1, -0.05) is 12.1 Å². The first-order valence-corrected chi connectivity index (χ1v) is 12.0. The van der Waals surface area contributed by atoms with E-state index in [0.29, 0.717) is 6.10 Å². The molecule has 2 fully saturated rings. The Hall–Kier alpha value is -1.23. The van der Waals surface area contributed by atoms with Crippen molar-refractivity contribution >= 4 is 11.3 Å². The molecule has 0 amide bonds. The summed E-state index contributed by atoms with van der Waals surface area (Å²) in [4.78, 5) is 8.75. The normalized spacial score (nSPS) is 27.6. The van der Waals surface area contributed by atoms with Crippen molar-refractivity contribution in [3.05, 3.63) is 52.0 Å². The first kappa shape index (κ1) is 21.0. The van der Waals surface area contributed by atoms with Crippen LogP contribution in [0.25, 0.3) is 0 Å². The van der Waals surface area contributed by atoms with Gasteiger partial charge in [-0.05, 0) is 96.3 Å². The van der Waals surface area contributed by atoms with Gasteiger partial charge in [-0.15, -0.1) is 11.3 Å². The van der Waals surface area contributed by atoms with Gasteiger partial charge in [0.25, 0.3) is 0 Å². The van der Waals surface area contributed by atoms with E-state index in [9.17, 15) is 0 Å². The lowest BCUT2D eigenvalue weighted by atomic mass is 9.75. The third kappa shape index (κ3) is 4.30. The number of ether oxygens (including phenoxy) is 1. The number of aryl methyl sites for hydroxylation is 2. The van der Waals surface area contributed by atoms with Crippen molar-refractivity contribution in [1.29, 1.82) is 0 Å². The smallest absolute Gasteiger partial charge is 0.0652 e. The predicted molar refractivity (Wildman–Crippen MR) is 121 cm³/mol. The minimum Gasteiger partial charge on any atom is -0.372 e. The van der Waals surface area contributed by atoms with Gasteiger partial charge in [0.2, 0.25) is 0 Å². The second-order valence-electron chi connectivity index (χ2n) is 10.3. The molecule has 4 rings (SSSR count). The molecule has 0 unspecified atom stereocenters. The summed E-state index contributed by atoms with van der Waals surface area (Å²) in [7, 11) is 0. The second kappa shape index (κ2) is 7.79. The van der Waals surface area contributed by atoms with Crippen molar-refractivity contribution in [3.63, 3.8) is 0 Å². The van der Waals surface area contributed by atoms with Gasteiger partial charge in [-0.25, -0.2) is 0 Å². The summed E-state index contributed by atoms with van der Waals surface area (Å²) in [5.74, 6) is 0. The molecule has 4 heteroatoms. The van der Waals surface area contributed by atoms with Gasteiger partial charge in [-0.3, -0.25) is 9.88 Å². The van der Waals surface area contributed by atoms with Crippen LogP contribution in [-0.2, 0) is 16.7 Å². The Morgan fingerprint density at radius 1 is 1.24 bits per heavy atom. The first-order valence-electron chi connectivity index (χ1n) is 11.1. The zero-order chi connectivity index (χ0) is 20.7. The second-order valence-corrected chi connectivity index (χ2v) is 11.3. The van der Waals surface area contributed by atoms with Crippen LogP contribution in [-0.4, -0.2) is 34.7 Å². The fourth-order valence-electron chi connectivity index (χ4n) is 5.25. The van der Waals surface area contributed by atoms with Gasteiger partial charge in [0.1, 0.15) is 0 Å². The molecule has 0 radical (unpaired) electrons. The quantitative estimate of drug-likeness (QED) is 0.584. The average Bonchev–Trinajstić information content (AvgIpc) is 3.40. The number of likely N-dealkylation sites (tertiary alicyclic amines) is 1. The van der Waals surface area contributed by atoms with Crippen LogP contribution < -0.4 is 0 Å². The molecule has 2 aromatic heterocycles. The van der Waals surface area contributed by atoms with Crippen LogP contribution >= 0.6 is 11.3 Å². The maximum atomic E-state index is 6.65. The van der Waals surface area contributed by atoms with E-state index in [4.69, 9.17) is 4.74 Å². The molecule has 3 nitrogen and oxygen atoms in total. The van der Waals surface area contributed by atoms with E-state index in [0.717, 1.165) is 25.2 Å². The standard InChI is InChI=1S/C25H36N2OS/c1-19-8-9-20(17-26-19)24(4,5)27-15-14-25(18-27,13-10-21-7-6-16-29-21)22-11-12-23(2,3)28-22/h6-9,16-17,22H,10-15,18H2,1-5H3/t22-,25-/m1/s1. The molecule has 158 valence electrons. The number of thiophene rings is 1. The number of hydrogen-bond donors (Lipinski definition) is 0. The van der Waals surface area contributed by atoms with Crippen molar-refractivity contribution in [3.8, 4) is 0 Å². The summed E-state index contributed by atoms with van der Waals surface area (Å²) in [5, 5.41) is 2.20. The molecule has 2 aliphatic rings. The Morgan fingerprint density at radius 3 is 2.69 bits per heavy atom. The monoisotopic (exact) mass is 412 g/mol. The highest BCUT2D eigenvalue weighted by molar-refractivity contribution is 7.09. The van der Waals surface area contributed by atoms with Crippen LogP contribution in [0.5, 0.6) is 0 Å². The van der Waals surface area contributed by atoms with Gasteiger partial charge in [0.15, 0.2) is 0 Å². The van der Waals surface area contributed by atoms with Crippen LogP contribution in [0.3, 0.4) is 0 Å². The lowest BCUT2D eigenvalue weighted by molar-refractivity contribution is -0.0787. The number of pyridine rings is 1. The summed E-state index contributed by atoms with van der Waals surface area (Å²) < 4.78 is 6.65. The van der Waals surface area contributed by atoms with Crippen molar-refractivity contribution in [2.45, 2.75) is 84.0 Å². The number of rotatable bonds is 6. The van der Waals surface area contributed by atoms with Gasteiger partial charge < -0.3 is 4.74 Å². The predicted octanol–water partition coefficient (Wildman–Crippen LogP) is 5.97. The molecule has 2 saturated heterocycles. The Bertz CT molecular complexity index is 812. The molecule has 0 bridgehead atoms. The maximum Gasteiger partial charge on any atom is 0.0652 e. The highest BCUT2D eigenvalue weighted by Crippen LogP contribution is 2.49. The van der Waals surface area contributed by atoms with E-state index in [1.54, 1.807) is 0 Å². The summed E-state index contributed by atoms with van der Waals surface area (Å²) in [6.07, 6.45) is 8.40. The van der Waals surface area contributed by atoms with Crippen LogP contribution in [0, 0.1) is 12.3 Å². The maximum absolute atomic E-state index is 6.65. The summed E-state index contributed by atoms with van der Waals surface area (Å²) in [6.45, 7) is 13.5. The highest BCUT2D eigenvalue weighted by atomic mass is 32.1. The lowest BCUT2D eigenvalue weighted by Gasteiger charge is -2.40. The number of nitrogens with zero attached hydrogens (tertiary/aromatic N) is 2. The molecule has 0 saturated carbocycles. The SMILES string of the molecule is Cc1ccc(C(C)(C)N2CC[C@@](CCc3cccs3)([C@H]3CCC(C)(C)O3)C2)cn1. The lowest BCUT2D eigenvalue weighted by Crippen LogP contribution is -2.45. The van der Waals surface area contributed by atoms with E-state index in [1.807, 2.05) is 11.3 Å². The minimum absolute atomic E-state index is 0.0144. The largest absolute Gasteiger partial charge is 0.372 e. The van der Waals surface area contributed by atoms with E-state index < -0.39 is 0 Å². The van der Waals surface area contributed by atoms with Crippen LogP contribution in [0.15, 0.2) is 35.8 Å². The van der Waals surface area contributed by atoms with Crippen LogP contribution in [0.4, 0.5) is 0 Å². The molecule has 2 atom stereocenters. The molecule has 2 aliphatic heterocycles. The molecule has 0 spiro atoms. The molecular weight excluding hydrogens is 376 g/mol. The van der Waals surface area contributed by atoms with Crippen LogP contribution in [0.2, 0.25) is 0 Å². The van der Waals surface area contributed by atoms with Gasteiger partial charge in [0, 0.05) is 34.3 Å². The van der Waals surface area contributed by atoms with Gasteiger partial charge in [0.05, 0.1) is 11.7 Å². The van der Waals surface area contributed by atoms with E-state index in [1.165, 1.54) is 36.1 Å². The first-order chi connectivity index (χ1) is 13.7. The number of aromatic nitrogens is 1. The molecular formula is C25H36N2OS. The Labute approximate surface area is 180 Å². The molecule has 29 heavy (non-hydrogen) atoms. The molecule has 2 aromatic rings. The molecule has 0 aliphatic carbocycles. The zero-order valence-corrected chi connectivity index (χ0v) is 19.5. The van der Waals surface area contributed by atoms with Crippen molar-refractivity contribution in [2.24, 2.45) is 5.41 Å². The topological polar surface area (TPSA) is 25.4 Å². The zero-order valence-electron chi connectivity index (χ0n) is 18.7. The Balaban J connectivity index is 1.56. The summed E-state index contributed by atoms with van der Waals surface area (Å²) in [5.41, 5.74) is 2.64. The Morgan fingerprint density at radius 2 is 2.07 bits per heavy atom. The van der Waals surface area contributed by atoms with Crippen molar-refractivity contribution in [2.75, 3.05) is 13.1 Å². The fraction of sp³-hybridized carbons (Fsp3) is 0.640. The number of hydrogen-bond acceptors (Lipinski definition) is 4. The van der Waals surface area contributed by atoms with Gasteiger partial charge >= 0.3 is 0 Å². The van der Waals surface area contributed by atoms with Crippen LogP contribution in [0.1, 0.15) is 69.5 Å². The molecule has 0 aromatic carbocycles. The third-order valence-corrected chi connectivity index (χ3v) is 8.33. The highest BCUT2D eigenvalue weighted by Gasteiger charge is 2.51. The Kier molecular flexibility index (Phi) is 5.65. The van der Waals surface area contributed by atoms with Gasteiger partial charge in [-0.2, -0.15) is 0 Å². The summed E-state index contributed by atoms with van der Waals surface area (Å²) in [6, 6.07) is 8.85. The van der Waals surface area contributed by atoms with E-state index >= 15 is 0 Å². The van der Waals surface area contributed by atoms with Crippen molar-refractivity contribution < 1.29 is 4.74 Å².